The van der Waals surface area contributed by atoms with Crippen molar-refractivity contribution in [3.63, 3.8) is 0 Å². The minimum absolute atomic E-state index is 0.0388. The smallest absolute Gasteiger partial charge is 0.259 e. The number of rotatable bonds is 2. The number of carbonyl (C=O) groups excluding carboxylic acids is 1. The third-order valence-electron chi connectivity index (χ3n) is 2.74. The van der Waals surface area contributed by atoms with Gasteiger partial charge >= 0.3 is 0 Å². The van der Waals surface area contributed by atoms with Gasteiger partial charge in [-0.3, -0.25) is 4.79 Å². The molecule has 1 aliphatic rings. The molecule has 1 fully saturated rings. The lowest BCUT2D eigenvalue weighted by Crippen LogP contribution is -2.38. The Morgan fingerprint density at radius 3 is 2.65 bits per heavy atom. The zero-order valence-corrected chi connectivity index (χ0v) is 10.2. The highest BCUT2D eigenvalue weighted by Crippen LogP contribution is 2.26. The Morgan fingerprint density at radius 2 is 2.06 bits per heavy atom. The van der Waals surface area contributed by atoms with Crippen LogP contribution in [0.1, 0.15) is 23.2 Å². The third kappa shape index (κ3) is 2.85. The third-order valence-corrected chi connectivity index (χ3v) is 3.96. The summed E-state index contributed by atoms with van der Waals surface area (Å²) < 4.78 is 0. The van der Waals surface area contributed by atoms with Crippen molar-refractivity contribution in [1.82, 2.24) is 5.32 Å². The van der Waals surface area contributed by atoms with E-state index in [9.17, 15) is 15.0 Å². The van der Waals surface area contributed by atoms with Crippen molar-refractivity contribution >= 4 is 17.7 Å². The van der Waals surface area contributed by atoms with Gasteiger partial charge in [-0.15, -0.1) is 0 Å². The number of phenols is 2. The Balaban J connectivity index is 2.08. The lowest BCUT2D eigenvalue weighted by Gasteiger charge is -2.22. The van der Waals surface area contributed by atoms with E-state index in [1.54, 1.807) is 0 Å². The van der Waals surface area contributed by atoms with Gasteiger partial charge in [-0.1, -0.05) is 6.07 Å². The van der Waals surface area contributed by atoms with E-state index in [0.29, 0.717) is 0 Å². The first-order valence-corrected chi connectivity index (χ1v) is 6.73. The molecule has 1 saturated heterocycles. The van der Waals surface area contributed by atoms with Gasteiger partial charge in [0.25, 0.3) is 5.91 Å². The lowest BCUT2D eigenvalue weighted by molar-refractivity contribution is 0.0933. The van der Waals surface area contributed by atoms with Gasteiger partial charge < -0.3 is 15.5 Å². The van der Waals surface area contributed by atoms with Gasteiger partial charge in [-0.2, -0.15) is 11.8 Å². The number of hydrogen-bond acceptors (Lipinski definition) is 4. The fourth-order valence-corrected chi connectivity index (χ4v) is 2.95. The summed E-state index contributed by atoms with van der Waals surface area (Å²) >= 11 is 1.81. The summed E-state index contributed by atoms with van der Waals surface area (Å²) in [5.41, 5.74) is -0.0388. The zero-order valence-electron chi connectivity index (χ0n) is 9.35. The summed E-state index contributed by atoms with van der Waals surface area (Å²) in [7, 11) is 0. The van der Waals surface area contributed by atoms with Crippen molar-refractivity contribution in [1.29, 1.82) is 0 Å². The number of aromatic hydroxyl groups is 2. The molecule has 4 nitrogen and oxygen atoms in total. The van der Waals surface area contributed by atoms with Crippen LogP contribution in [0.25, 0.3) is 0 Å². The van der Waals surface area contributed by atoms with Crippen molar-refractivity contribution < 1.29 is 15.0 Å². The summed E-state index contributed by atoms with van der Waals surface area (Å²) in [6.07, 6.45) is 2.04. The predicted octanol–water partition coefficient (Wildman–Crippen LogP) is 1.72. The normalized spacial score (nSPS) is 19.9. The first-order valence-electron chi connectivity index (χ1n) is 5.58. The SMILES string of the molecule is O=C(NC1CCCSC1)c1c(O)cccc1O. The fraction of sp³-hybridized carbons (Fsp3) is 0.417. The summed E-state index contributed by atoms with van der Waals surface area (Å²) in [5.74, 6) is 1.24. The second kappa shape index (κ2) is 5.31. The van der Waals surface area contributed by atoms with Crippen molar-refractivity contribution in [3.05, 3.63) is 23.8 Å². The van der Waals surface area contributed by atoms with E-state index in [-0.39, 0.29) is 23.1 Å². The van der Waals surface area contributed by atoms with Crippen molar-refractivity contribution in [2.24, 2.45) is 0 Å². The van der Waals surface area contributed by atoms with Crippen LogP contribution in [-0.4, -0.2) is 33.7 Å². The van der Waals surface area contributed by atoms with E-state index in [1.165, 1.54) is 18.2 Å². The Kier molecular flexibility index (Phi) is 3.78. The molecular formula is C12H15NO3S. The summed E-state index contributed by atoms with van der Waals surface area (Å²) in [6, 6.07) is 4.41. The molecule has 1 unspecified atom stereocenters. The van der Waals surface area contributed by atoms with Gasteiger partial charge in [-0.05, 0) is 30.7 Å². The molecule has 1 aromatic carbocycles. The van der Waals surface area contributed by atoms with Crippen LogP contribution in [0.2, 0.25) is 0 Å². The topological polar surface area (TPSA) is 69.6 Å². The average Bonchev–Trinajstić information content (AvgIpc) is 2.30. The van der Waals surface area contributed by atoms with Crippen molar-refractivity contribution in [2.75, 3.05) is 11.5 Å². The van der Waals surface area contributed by atoms with Gasteiger partial charge in [0.05, 0.1) is 0 Å². The highest BCUT2D eigenvalue weighted by molar-refractivity contribution is 7.99. The maximum absolute atomic E-state index is 11.9. The molecule has 0 aliphatic carbocycles. The number of thioether (sulfide) groups is 1. The minimum atomic E-state index is -0.409. The lowest BCUT2D eigenvalue weighted by atomic mass is 10.1. The predicted molar refractivity (Wildman–Crippen MR) is 67.6 cm³/mol. The van der Waals surface area contributed by atoms with E-state index in [0.717, 1.165) is 24.3 Å². The fourth-order valence-electron chi connectivity index (χ4n) is 1.87. The summed E-state index contributed by atoms with van der Waals surface area (Å²) in [5, 5.41) is 22.0. The van der Waals surface area contributed by atoms with E-state index in [2.05, 4.69) is 5.32 Å². The van der Waals surface area contributed by atoms with Crippen LogP contribution in [0.3, 0.4) is 0 Å². The molecule has 1 aromatic rings. The molecule has 1 aliphatic heterocycles. The molecule has 2 rings (SSSR count). The molecule has 92 valence electrons. The Bertz CT molecular complexity index is 396. The molecule has 1 amide bonds. The van der Waals surface area contributed by atoms with E-state index >= 15 is 0 Å². The quantitative estimate of drug-likeness (QED) is 0.750. The molecule has 1 heterocycles. The van der Waals surface area contributed by atoms with E-state index in [4.69, 9.17) is 0 Å². The molecule has 0 spiro atoms. The minimum Gasteiger partial charge on any atom is -0.507 e. The molecular weight excluding hydrogens is 238 g/mol. The number of phenolic OH excluding ortho intramolecular Hbond substituents is 2. The van der Waals surface area contributed by atoms with Crippen LogP contribution in [0.15, 0.2) is 18.2 Å². The Labute approximate surface area is 104 Å². The maximum Gasteiger partial charge on any atom is 0.259 e. The number of nitrogens with one attached hydrogen (secondary N) is 1. The van der Waals surface area contributed by atoms with E-state index < -0.39 is 5.91 Å². The zero-order chi connectivity index (χ0) is 12.3. The van der Waals surface area contributed by atoms with Crippen molar-refractivity contribution in [3.8, 4) is 11.5 Å². The van der Waals surface area contributed by atoms with E-state index in [1.807, 2.05) is 11.8 Å². The summed E-state index contributed by atoms with van der Waals surface area (Å²) in [6.45, 7) is 0. The van der Waals surface area contributed by atoms with Gasteiger partial charge in [0.2, 0.25) is 0 Å². The molecule has 0 radical (unpaired) electrons. The van der Waals surface area contributed by atoms with Crippen LogP contribution in [-0.2, 0) is 0 Å². The van der Waals surface area contributed by atoms with Crippen molar-refractivity contribution in [2.45, 2.75) is 18.9 Å². The van der Waals surface area contributed by atoms with Crippen LogP contribution in [0.4, 0.5) is 0 Å². The number of amides is 1. The number of hydrogen-bond donors (Lipinski definition) is 3. The molecule has 3 N–H and O–H groups in total. The van der Waals surface area contributed by atoms with Gasteiger partial charge in [0, 0.05) is 11.8 Å². The Hall–Kier alpha value is -1.36. The molecule has 0 bridgehead atoms. The van der Waals surface area contributed by atoms with Crippen LogP contribution < -0.4 is 5.32 Å². The second-order valence-corrected chi connectivity index (χ2v) is 5.21. The molecule has 0 aromatic heterocycles. The number of benzene rings is 1. The van der Waals surface area contributed by atoms with Crippen LogP contribution in [0, 0.1) is 0 Å². The number of carbonyl (C=O) groups is 1. The highest BCUT2D eigenvalue weighted by Gasteiger charge is 2.21. The van der Waals surface area contributed by atoms with Crippen LogP contribution in [0.5, 0.6) is 11.5 Å². The monoisotopic (exact) mass is 253 g/mol. The first-order chi connectivity index (χ1) is 8.18. The Morgan fingerprint density at radius 1 is 1.35 bits per heavy atom. The molecule has 0 saturated carbocycles. The maximum atomic E-state index is 11.9. The van der Waals surface area contributed by atoms with Crippen LogP contribution >= 0.6 is 11.8 Å². The average molecular weight is 253 g/mol. The molecule has 1 atom stereocenters. The van der Waals surface area contributed by atoms with Gasteiger partial charge in [-0.25, -0.2) is 0 Å². The summed E-state index contributed by atoms with van der Waals surface area (Å²) in [4.78, 5) is 11.9. The second-order valence-electron chi connectivity index (χ2n) is 4.06. The molecule has 17 heavy (non-hydrogen) atoms. The molecule has 5 heteroatoms. The largest absolute Gasteiger partial charge is 0.507 e. The highest BCUT2D eigenvalue weighted by atomic mass is 32.2. The van der Waals surface area contributed by atoms with Gasteiger partial charge in [0.1, 0.15) is 17.1 Å². The first kappa shape index (κ1) is 12.1. The van der Waals surface area contributed by atoms with Gasteiger partial charge in [0.15, 0.2) is 0 Å². The standard InChI is InChI=1S/C12H15NO3S/c14-9-4-1-5-10(15)11(9)12(16)13-8-3-2-6-17-7-8/h1,4-5,8,14-15H,2-3,6-7H2,(H,13,16).